The predicted octanol–water partition coefficient (Wildman–Crippen LogP) is 5.91. The van der Waals surface area contributed by atoms with Crippen LogP contribution in [-0.2, 0) is 6.54 Å². The summed E-state index contributed by atoms with van der Waals surface area (Å²) >= 11 is 0. The first-order valence-corrected chi connectivity index (χ1v) is 13.2. The van der Waals surface area contributed by atoms with Crippen molar-refractivity contribution in [2.75, 3.05) is 6.54 Å². The molecule has 3 N–H and O–H groups in total. The van der Waals surface area contributed by atoms with Crippen LogP contribution in [0.1, 0.15) is 31.2 Å². The van der Waals surface area contributed by atoms with E-state index in [2.05, 4.69) is 36.5 Å². The number of fused-ring (bicyclic) bond motifs is 2. The Labute approximate surface area is 220 Å². The largest absolute Gasteiger partial charge is 0.336 e. The predicted molar refractivity (Wildman–Crippen MR) is 149 cm³/mol. The highest BCUT2D eigenvalue weighted by atomic mass is 15.1. The summed E-state index contributed by atoms with van der Waals surface area (Å²) in [5, 5.41) is 11.3. The second kappa shape index (κ2) is 9.79. The Bertz CT molecular complexity index is 1710. The lowest BCUT2D eigenvalue weighted by molar-refractivity contribution is 0.489. The van der Waals surface area contributed by atoms with Crippen molar-refractivity contribution in [1.82, 2.24) is 40.4 Å². The Morgan fingerprint density at radius 1 is 0.868 bits per heavy atom. The van der Waals surface area contributed by atoms with Crippen LogP contribution in [0.15, 0.2) is 73.2 Å². The molecule has 8 nitrogen and oxygen atoms in total. The van der Waals surface area contributed by atoms with Gasteiger partial charge in [0.25, 0.3) is 0 Å². The Balaban J connectivity index is 1.20. The number of para-hydroxylation sites is 1. The van der Waals surface area contributed by atoms with Crippen LogP contribution in [0.2, 0.25) is 0 Å². The molecule has 38 heavy (non-hydrogen) atoms. The molecule has 7 rings (SSSR count). The number of aromatic nitrogens is 7. The average Bonchev–Trinajstić information content (AvgIpc) is 3.73. The van der Waals surface area contributed by atoms with Crippen molar-refractivity contribution in [1.29, 1.82) is 0 Å². The average molecular weight is 501 g/mol. The van der Waals surface area contributed by atoms with E-state index in [4.69, 9.17) is 9.97 Å². The molecule has 5 aromatic heterocycles. The molecule has 0 radical (unpaired) electrons. The molecule has 6 aromatic rings. The molecule has 0 amide bonds. The van der Waals surface area contributed by atoms with Crippen molar-refractivity contribution in [3.63, 3.8) is 0 Å². The zero-order valence-corrected chi connectivity index (χ0v) is 21.0. The van der Waals surface area contributed by atoms with Crippen LogP contribution in [0.4, 0.5) is 0 Å². The van der Waals surface area contributed by atoms with Gasteiger partial charge < -0.3 is 10.3 Å². The minimum absolute atomic E-state index is 0.669. The van der Waals surface area contributed by atoms with Gasteiger partial charge in [0.2, 0.25) is 0 Å². The normalized spacial score (nSPS) is 14.1. The van der Waals surface area contributed by atoms with E-state index >= 15 is 0 Å². The van der Waals surface area contributed by atoms with Crippen molar-refractivity contribution >= 4 is 22.1 Å². The number of hydrogen-bond acceptors (Lipinski definition) is 6. The summed E-state index contributed by atoms with van der Waals surface area (Å²) in [5.41, 5.74) is 8.96. The molecule has 188 valence electrons. The maximum atomic E-state index is 4.99. The molecule has 0 unspecified atom stereocenters. The van der Waals surface area contributed by atoms with E-state index in [1.807, 2.05) is 60.9 Å². The van der Waals surface area contributed by atoms with Gasteiger partial charge in [-0.3, -0.25) is 15.1 Å². The molecule has 1 aromatic carbocycles. The first kappa shape index (κ1) is 22.7. The molecule has 0 bridgehead atoms. The Kier molecular flexibility index (Phi) is 5.86. The number of rotatable bonds is 7. The maximum Gasteiger partial charge on any atom is 0.161 e. The molecule has 1 aliphatic rings. The summed E-state index contributed by atoms with van der Waals surface area (Å²) in [6.45, 7) is 1.89. The molecule has 0 spiro atoms. The summed E-state index contributed by atoms with van der Waals surface area (Å²) < 4.78 is 0. The fourth-order valence-corrected chi connectivity index (χ4v) is 5.46. The lowest BCUT2D eigenvalue weighted by atomic mass is 10.1. The first-order valence-electron chi connectivity index (χ1n) is 13.2. The third-order valence-electron chi connectivity index (χ3n) is 7.41. The number of imidazole rings is 1. The Morgan fingerprint density at radius 3 is 2.71 bits per heavy atom. The summed E-state index contributed by atoms with van der Waals surface area (Å²) in [5.74, 6) is 1.48. The number of hydrogen-bond donors (Lipinski definition) is 3. The number of nitrogens with one attached hydrogen (secondary N) is 3. The van der Waals surface area contributed by atoms with Crippen LogP contribution in [0, 0.1) is 5.92 Å². The van der Waals surface area contributed by atoms with Gasteiger partial charge in [-0.2, -0.15) is 5.10 Å². The molecule has 8 heteroatoms. The molecule has 0 atom stereocenters. The van der Waals surface area contributed by atoms with Crippen LogP contribution in [0.25, 0.3) is 56.1 Å². The van der Waals surface area contributed by atoms with E-state index in [1.165, 1.54) is 25.7 Å². The van der Waals surface area contributed by atoms with Crippen LogP contribution in [0.5, 0.6) is 0 Å². The number of aromatic amines is 2. The van der Waals surface area contributed by atoms with Crippen LogP contribution in [0.3, 0.4) is 0 Å². The minimum Gasteiger partial charge on any atom is -0.336 e. The summed E-state index contributed by atoms with van der Waals surface area (Å²) in [6, 6.07) is 18.1. The third-order valence-corrected chi connectivity index (χ3v) is 7.41. The molecular formula is C30H28N8. The highest BCUT2D eigenvalue weighted by Crippen LogP contribution is 2.31. The van der Waals surface area contributed by atoms with Gasteiger partial charge >= 0.3 is 0 Å². The number of H-pyrrole nitrogens is 2. The molecule has 5 heterocycles. The molecule has 0 saturated heterocycles. The van der Waals surface area contributed by atoms with Gasteiger partial charge in [0.15, 0.2) is 11.5 Å². The van der Waals surface area contributed by atoms with Crippen molar-refractivity contribution in [2.24, 2.45) is 5.92 Å². The summed E-state index contributed by atoms with van der Waals surface area (Å²) in [6.07, 6.45) is 11.0. The molecule has 0 aliphatic heterocycles. The van der Waals surface area contributed by atoms with E-state index < -0.39 is 0 Å². The molecule has 1 fully saturated rings. The summed E-state index contributed by atoms with van der Waals surface area (Å²) in [4.78, 5) is 22.4. The van der Waals surface area contributed by atoms with Crippen molar-refractivity contribution < 1.29 is 0 Å². The van der Waals surface area contributed by atoms with Crippen LogP contribution >= 0.6 is 0 Å². The van der Waals surface area contributed by atoms with Crippen LogP contribution < -0.4 is 5.32 Å². The Hall–Kier alpha value is -4.43. The standard InChI is InChI=1S/C30H28N8/c1-2-7-19(6-1)15-31-16-20-14-21(18-32-17-20)23-11-12-26-28(34-23)29(38-37-26)30-35-25-10-5-8-22(27(25)36-30)24-9-3-4-13-33-24/h3-5,8-14,17-19,31H,1-2,6-7,15-16H2,(H,35,36)(H,37,38). The second-order valence-electron chi connectivity index (χ2n) is 10.0. The topological polar surface area (TPSA) is 108 Å². The van der Waals surface area contributed by atoms with Crippen molar-refractivity contribution in [2.45, 2.75) is 32.2 Å². The smallest absolute Gasteiger partial charge is 0.161 e. The van der Waals surface area contributed by atoms with Gasteiger partial charge in [-0.1, -0.05) is 31.0 Å². The third kappa shape index (κ3) is 4.33. The lowest BCUT2D eigenvalue weighted by Crippen LogP contribution is -2.20. The van der Waals surface area contributed by atoms with Crippen molar-refractivity contribution in [3.8, 4) is 34.0 Å². The zero-order chi connectivity index (χ0) is 25.3. The quantitative estimate of drug-likeness (QED) is 0.252. The first-order chi connectivity index (χ1) is 18.8. The van der Waals surface area contributed by atoms with Gasteiger partial charge in [-0.25, -0.2) is 9.97 Å². The monoisotopic (exact) mass is 500 g/mol. The van der Waals surface area contributed by atoms with E-state index in [0.717, 1.165) is 69.2 Å². The van der Waals surface area contributed by atoms with Crippen molar-refractivity contribution in [3.05, 3.63) is 78.8 Å². The lowest BCUT2D eigenvalue weighted by Gasteiger charge is -2.11. The SMILES string of the molecule is c1ccc(-c2cccc3[nH]c(-c4n[nH]c5ccc(-c6cncc(CNCC7CCCC7)c6)nc45)nc23)nc1. The highest BCUT2D eigenvalue weighted by Gasteiger charge is 2.17. The Morgan fingerprint density at radius 2 is 1.82 bits per heavy atom. The van der Waals surface area contributed by atoms with E-state index in [9.17, 15) is 0 Å². The van der Waals surface area contributed by atoms with E-state index in [-0.39, 0.29) is 0 Å². The van der Waals surface area contributed by atoms with Gasteiger partial charge in [-0.05, 0) is 67.3 Å². The van der Waals surface area contributed by atoms with Gasteiger partial charge in [-0.15, -0.1) is 0 Å². The van der Waals surface area contributed by atoms with Gasteiger partial charge in [0, 0.05) is 36.3 Å². The van der Waals surface area contributed by atoms with Crippen LogP contribution in [-0.4, -0.2) is 41.7 Å². The minimum atomic E-state index is 0.669. The van der Waals surface area contributed by atoms with E-state index in [0.29, 0.717) is 11.5 Å². The second-order valence-corrected chi connectivity index (χ2v) is 10.0. The number of pyridine rings is 3. The zero-order valence-electron chi connectivity index (χ0n) is 21.0. The summed E-state index contributed by atoms with van der Waals surface area (Å²) in [7, 11) is 0. The highest BCUT2D eigenvalue weighted by molar-refractivity contribution is 5.95. The molecular weight excluding hydrogens is 472 g/mol. The molecule has 1 saturated carbocycles. The van der Waals surface area contributed by atoms with Gasteiger partial charge in [0.05, 0.1) is 27.9 Å². The number of benzene rings is 1. The fourth-order valence-electron chi connectivity index (χ4n) is 5.46. The maximum absolute atomic E-state index is 4.99. The van der Waals surface area contributed by atoms with Gasteiger partial charge in [0.1, 0.15) is 5.52 Å². The number of nitrogens with zero attached hydrogens (tertiary/aromatic N) is 5. The molecule has 1 aliphatic carbocycles. The fraction of sp³-hybridized carbons (Fsp3) is 0.233. The van der Waals surface area contributed by atoms with E-state index in [1.54, 1.807) is 6.20 Å².